The van der Waals surface area contributed by atoms with Crippen LogP contribution in [0.15, 0.2) is 48.0 Å². The smallest absolute Gasteiger partial charge is 0.545 e. The van der Waals surface area contributed by atoms with Gasteiger partial charge in [0.2, 0.25) is 22.1 Å². The third kappa shape index (κ3) is 14.1. The number of ether oxygens (including phenoxy) is 1. The minimum Gasteiger partial charge on any atom is -0.545 e. The molecule has 0 spiro atoms. The van der Waals surface area contributed by atoms with Gasteiger partial charge in [0.25, 0.3) is 23.4 Å². The van der Waals surface area contributed by atoms with Gasteiger partial charge in [-0.2, -0.15) is 0 Å². The summed E-state index contributed by atoms with van der Waals surface area (Å²) < 4.78 is 7.55. The summed E-state index contributed by atoms with van der Waals surface area (Å²) >= 11 is 7.87. The quantitative estimate of drug-likeness (QED) is 0.0141. The van der Waals surface area contributed by atoms with E-state index in [0.29, 0.717) is 50.3 Å². The Bertz CT molecular complexity index is 2750. The Morgan fingerprint density at radius 2 is 1.58 bits per heavy atom. The van der Waals surface area contributed by atoms with Gasteiger partial charge >= 0.3 is 65.1 Å². The third-order valence-electron chi connectivity index (χ3n) is 10.3. The number of anilines is 1. The fraction of sp³-hybridized carbons (Fsp3) is 0.457. The average molecular weight is 1220 g/mol. The number of aliphatic carboxylic acids is 3. The number of aryl methyl sites for hydroxylation is 1. The number of nitrogen functional groups attached to an aromatic ring is 1. The largest absolute Gasteiger partial charge is 1.00 e. The monoisotopic (exact) mass is 1220 g/mol. The molecule has 3 fully saturated rings. The molecule has 74 heavy (non-hydrogen) atoms. The van der Waals surface area contributed by atoms with Gasteiger partial charge < -0.3 is 56.6 Å². The third-order valence-corrected chi connectivity index (χ3v) is 18.7. The number of tetrazole rings is 2. The van der Waals surface area contributed by atoms with Crippen LogP contribution in [0.2, 0.25) is 0 Å². The number of thiazole rings is 1. The van der Waals surface area contributed by atoms with Crippen LogP contribution in [-0.2, 0) is 63.1 Å². The Hall–Kier alpha value is -2.85. The molecule has 7 N–H and O–H groups in total. The molecule has 39 heteroatoms. The van der Waals surface area contributed by atoms with E-state index in [1.165, 1.54) is 75.1 Å². The fourth-order valence-corrected chi connectivity index (χ4v) is 14.6. The Kier molecular flexibility index (Phi) is 24.9. The Morgan fingerprint density at radius 3 is 2.14 bits per heavy atom. The second-order valence-corrected chi connectivity index (χ2v) is 22.8. The first-order valence-corrected chi connectivity index (χ1v) is 26.6. The Labute approximate surface area is 505 Å². The molecular weight excluding hydrogens is 1180 g/mol. The van der Waals surface area contributed by atoms with Gasteiger partial charge in [-0.1, -0.05) is 47.0 Å². The van der Waals surface area contributed by atoms with E-state index in [-0.39, 0.29) is 123 Å². The van der Waals surface area contributed by atoms with Crippen LogP contribution in [0.3, 0.4) is 0 Å². The second kappa shape index (κ2) is 28.2. The minimum atomic E-state index is -1.85. The number of nitrogens with zero attached hydrogens (tertiary/aromatic N) is 12. The van der Waals surface area contributed by atoms with Crippen molar-refractivity contribution in [2.45, 2.75) is 50.4 Å². The zero-order valence-electron chi connectivity index (χ0n) is 39.5. The number of methoxy groups -OCH3 is 1. The molecule has 0 saturated carbocycles. The number of thioether (sulfide) groups is 6. The first-order chi connectivity index (χ1) is 33.3. The molecule has 5 amide bonds. The molecule has 3 aromatic heterocycles. The van der Waals surface area contributed by atoms with Gasteiger partial charge in [0.15, 0.2) is 5.13 Å². The van der Waals surface area contributed by atoms with Gasteiger partial charge in [0.1, 0.15) is 27.1 Å². The summed E-state index contributed by atoms with van der Waals surface area (Å²) in [7, 11) is 6.72. The number of carbonyl (C=O) groups excluding carboxylic acids is 7. The van der Waals surface area contributed by atoms with Crippen molar-refractivity contribution < 1.29 is 118 Å². The van der Waals surface area contributed by atoms with Crippen molar-refractivity contribution in [3.63, 3.8) is 0 Å². The van der Waals surface area contributed by atoms with Crippen LogP contribution in [0, 0.1) is 0 Å². The number of primary amides is 1. The number of rotatable bonds is 19. The van der Waals surface area contributed by atoms with Crippen LogP contribution in [-0.4, -0.2) is 191 Å². The van der Waals surface area contributed by atoms with Crippen molar-refractivity contribution in [1.82, 2.24) is 70.7 Å². The molecule has 8 heterocycles. The normalized spacial score (nSPS) is 21.3. The molecule has 0 aliphatic carbocycles. The molecule has 5 aliphatic heterocycles. The first-order valence-electron chi connectivity index (χ1n) is 19.9. The van der Waals surface area contributed by atoms with Gasteiger partial charge in [-0.15, -0.1) is 69.9 Å². The summed E-state index contributed by atoms with van der Waals surface area (Å²) in [5.74, 6) is -6.89. The van der Waals surface area contributed by atoms with Gasteiger partial charge in [-0.25, -0.2) is 19.1 Å². The number of hydrogen-bond acceptors (Lipinski definition) is 27. The molecular formula is C35H40Cl2N16Na2O12S7. The van der Waals surface area contributed by atoms with Crippen molar-refractivity contribution in [2.75, 3.05) is 56.5 Å². The van der Waals surface area contributed by atoms with Gasteiger partial charge in [-0.3, -0.25) is 33.8 Å². The maximum absolute atomic E-state index is 13.1. The molecule has 0 aromatic carbocycles. The summed E-state index contributed by atoms with van der Waals surface area (Å²) in [5, 5.41) is 62.5. The average Bonchev–Trinajstić information content (AvgIpc) is 4.05. The van der Waals surface area contributed by atoms with E-state index in [1.807, 2.05) is 19.0 Å². The molecule has 4 atom stereocenters. The molecule has 3 saturated heterocycles. The summed E-state index contributed by atoms with van der Waals surface area (Å²) in [6.07, 6.45) is 0.000917. The van der Waals surface area contributed by atoms with E-state index < -0.39 is 74.2 Å². The Morgan fingerprint density at radius 1 is 0.959 bits per heavy atom. The molecule has 0 unspecified atom stereocenters. The molecule has 0 bridgehead atoms. The number of carboxylic acids is 3. The van der Waals surface area contributed by atoms with Crippen LogP contribution in [0.1, 0.15) is 5.69 Å². The van der Waals surface area contributed by atoms with Crippen molar-refractivity contribution in [3.8, 4) is 0 Å². The van der Waals surface area contributed by atoms with Crippen LogP contribution < -0.4 is 91.4 Å². The number of β-lactam (4-membered cyclic amide) rings is 2. The SMILES string of the molecule is CN(C)CCn1nnnc1SCC1=C(C(=O)O)N2C(=O)[C@@H](NC(=O)Cc3csc(N)n3)[C@H]2SC1.CO[C@@]1(NC(=O)C2SC(=C(C(N)=O)C(=O)[O-])S2)C(=O)N2C(C(=O)[O-])=C(CSc3nnnn3C)CS[C@@H]21.Cl.Cl.[Na+].[Na+]. The summed E-state index contributed by atoms with van der Waals surface area (Å²) in [6, 6.07) is -0.782. The van der Waals surface area contributed by atoms with Crippen LogP contribution in [0.4, 0.5) is 5.13 Å². The van der Waals surface area contributed by atoms with Crippen molar-refractivity contribution >= 4 is 159 Å². The molecule has 390 valence electrons. The Balaban J connectivity index is 0.000000371. The maximum atomic E-state index is 13.1. The predicted molar refractivity (Wildman–Crippen MR) is 264 cm³/mol. The topological polar surface area (TPSA) is 398 Å². The zero-order chi connectivity index (χ0) is 50.8. The summed E-state index contributed by atoms with van der Waals surface area (Å²) in [6.45, 7) is 1.36. The molecule has 28 nitrogen and oxygen atoms in total. The van der Waals surface area contributed by atoms with E-state index in [4.69, 9.17) is 16.2 Å². The van der Waals surface area contributed by atoms with E-state index in [1.54, 1.807) is 17.1 Å². The van der Waals surface area contributed by atoms with Gasteiger partial charge in [0.05, 0.1) is 46.1 Å². The van der Waals surface area contributed by atoms with E-state index >= 15 is 0 Å². The van der Waals surface area contributed by atoms with Crippen LogP contribution in [0.25, 0.3) is 0 Å². The van der Waals surface area contributed by atoms with E-state index in [0.717, 1.165) is 35.0 Å². The second-order valence-electron chi connectivity index (χ2n) is 15.1. The predicted octanol–water partition coefficient (Wildman–Crippen LogP) is -9.87. The van der Waals surface area contributed by atoms with Crippen molar-refractivity contribution in [1.29, 1.82) is 0 Å². The van der Waals surface area contributed by atoms with Gasteiger partial charge in [-0.05, 0) is 46.1 Å². The summed E-state index contributed by atoms with van der Waals surface area (Å²) in [4.78, 5) is 106. The van der Waals surface area contributed by atoms with E-state index in [9.17, 15) is 53.7 Å². The number of nitrogens with one attached hydrogen (secondary N) is 2. The number of amides is 5. The maximum Gasteiger partial charge on any atom is 1.00 e. The number of aromatic nitrogens is 9. The number of nitrogens with two attached hydrogens (primary N) is 2. The standard InChI is InChI=1S/C18H23N9O4S3.C17H17N7O8S4.2ClH.2Na/c1-25(2)3-4-26-18(22-23-24-26)34-7-9-6-32-15-12(14(29)27(15)13(9)16(30)31)21-11(28)5-10-8-33-17(19)20-10;1-23-16(20-21-22-23)34-4-5-3-33-15-17(32-2,14(31)24(15)7(5)11(29)30)19-9(26)13-35-12(36-13)6(8(18)25)10(27)28;;;;/h8,12,15H,3-7H2,1-2H3,(H2,19,20)(H,21,28)(H,30,31);13,15H,3-4H2,1-2H3,(H2,18,25)(H,19,26)(H,27,28)(H,29,30);2*1H;;/q;;;;2*+1/p-2/t12-,15-;13?,15-,17+;;;;/m11..../s1. The number of hydrogen-bond donors (Lipinski definition) is 5. The molecule has 8 rings (SSSR count). The zero-order valence-corrected chi connectivity index (χ0v) is 50.8. The number of fused-ring (bicyclic) bond motifs is 2. The van der Waals surface area contributed by atoms with E-state index in [2.05, 4.69) is 46.7 Å². The number of carboxylic acid groups (broad SMARTS) is 3. The number of carbonyl (C=O) groups is 8. The van der Waals surface area contributed by atoms with Crippen LogP contribution in [0.5, 0.6) is 0 Å². The molecule has 0 radical (unpaired) electrons. The van der Waals surface area contributed by atoms with Crippen molar-refractivity contribution in [2.24, 2.45) is 12.8 Å². The van der Waals surface area contributed by atoms with Gasteiger partial charge in [0, 0.05) is 49.1 Å². The molecule has 5 aliphatic rings. The van der Waals surface area contributed by atoms with Crippen LogP contribution >= 0.6 is 107 Å². The first kappa shape index (κ1) is 65.4. The number of halogens is 2. The molecule has 3 aromatic rings. The summed E-state index contributed by atoms with van der Waals surface area (Å²) in [5.41, 5.74) is 9.22. The van der Waals surface area contributed by atoms with Crippen molar-refractivity contribution in [3.05, 3.63) is 43.4 Å². The fourth-order valence-electron chi connectivity index (χ4n) is 6.97. The minimum absolute atomic E-state index is 0. The number of likely N-dealkylation sites (N-methyl/N-ethyl adjacent to an activating group) is 1.